The molecule has 3 heterocycles. The Morgan fingerprint density at radius 2 is 2.32 bits per heavy atom. The predicted molar refractivity (Wildman–Crippen MR) is 78.8 cm³/mol. The third kappa shape index (κ3) is 2.76. The molecule has 0 aliphatic heterocycles. The summed E-state index contributed by atoms with van der Waals surface area (Å²) in [5, 5.41) is 9.88. The van der Waals surface area contributed by atoms with Gasteiger partial charge in [0.2, 0.25) is 5.95 Å². The van der Waals surface area contributed by atoms with Crippen LogP contribution in [0.5, 0.6) is 0 Å². The van der Waals surface area contributed by atoms with E-state index in [2.05, 4.69) is 46.8 Å². The fourth-order valence-corrected chi connectivity index (χ4v) is 2.88. The summed E-state index contributed by atoms with van der Waals surface area (Å²) in [6.45, 7) is 4.21. The van der Waals surface area contributed by atoms with Gasteiger partial charge in [0, 0.05) is 23.5 Å². The zero-order valence-corrected chi connectivity index (χ0v) is 11.8. The molecule has 0 aromatic carbocycles. The molecule has 0 aliphatic carbocycles. The Labute approximate surface area is 116 Å². The van der Waals surface area contributed by atoms with Crippen LogP contribution in [-0.2, 0) is 6.42 Å². The molecule has 1 unspecified atom stereocenters. The lowest BCUT2D eigenvalue weighted by molar-refractivity contribution is 0.784. The van der Waals surface area contributed by atoms with E-state index in [4.69, 9.17) is 0 Å². The van der Waals surface area contributed by atoms with E-state index < -0.39 is 0 Å². The Bertz CT molecular complexity index is 672. The topological polar surface area (TPSA) is 42.2 Å². The number of aryl methyl sites for hydroxylation is 1. The zero-order valence-electron chi connectivity index (χ0n) is 11.0. The molecule has 3 aromatic heterocycles. The Hall–Kier alpha value is -1.88. The maximum absolute atomic E-state index is 4.49. The second kappa shape index (κ2) is 5.01. The number of nitrogens with zero attached hydrogens (tertiary/aromatic N) is 3. The molecular weight excluding hydrogens is 256 g/mol. The van der Waals surface area contributed by atoms with Crippen molar-refractivity contribution >= 4 is 22.9 Å². The van der Waals surface area contributed by atoms with Gasteiger partial charge in [0.05, 0.1) is 0 Å². The first-order chi connectivity index (χ1) is 9.20. The van der Waals surface area contributed by atoms with Crippen molar-refractivity contribution in [3.05, 3.63) is 46.3 Å². The molecule has 3 aromatic rings. The zero-order chi connectivity index (χ0) is 13.2. The van der Waals surface area contributed by atoms with Gasteiger partial charge in [0.25, 0.3) is 0 Å². The monoisotopic (exact) mass is 272 g/mol. The van der Waals surface area contributed by atoms with Crippen molar-refractivity contribution in [3.63, 3.8) is 0 Å². The molecule has 5 heteroatoms. The van der Waals surface area contributed by atoms with Crippen molar-refractivity contribution in [2.24, 2.45) is 0 Å². The number of anilines is 1. The molecule has 0 saturated carbocycles. The van der Waals surface area contributed by atoms with Crippen molar-refractivity contribution in [3.8, 4) is 0 Å². The number of thiophene rings is 1. The Kier molecular flexibility index (Phi) is 3.21. The third-order valence-electron chi connectivity index (χ3n) is 2.96. The molecule has 3 rings (SSSR count). The standard InChI is InChI=1S/C14H16N4S/c1-10-5-6-18-13(8-10)16-14(17-18)15-11(2)9-12-4-3-7-19-12/h3-8,11H,9H2,1-2H3,(H,15,17). The summed E-state index contributed by atoms with van der Waals surface area (Å²) in [5.74, 6) is 0.689. The van der Waals surface area contributed by atoms with E-state index in [1.54, 1.807) is 15.9 Å². The minimum atomic E-state index is 0.317. The molecule has 0 spiro atoms. The van der Waals surface area contributed by atoms with Crippen LogP contribution in [0.2, 0.25) is 0 Å². The smallest absolute Gasteiger partial charge is 0.243 e. The molecular formula is C14H16N4S. The predicted octanol–water partition coefficient (Wildman–Crippen LogP) is 3.14. The number of pyridine rings is 1. The van der Waals surface area contributed by atoms with E-state index in [0.717, 1.165) is 12.1 Å². The highest BCUT2D eigenvalue weighted by Crippen LogP contribution is 2.14. The minimum absolute atomic E-state index is 0.317. The Balaban J connectivity index is 1.74. The van der Waals surface area contributed by atoms with E-state index in [1.165, 1.54) is 10.4 Å². The van der Waals surface area contributed by atoms with Crippen molar-refractivity contribution in [1.29, 1.82) is 0 Å². The molecule has 1 atom stereocenters. The molecule has 19 heavy (non-hydrogen) atoms. The van der Waals surface area contributed by atoms with E-state index in [9.17, 15) is 0 Å². The molecule has 0 radical (unpaired) electrons. The van der Waals surface area contributed by atoms with Gasteiger partial charge in [-0.25, -0.2) is 4.52 Å². The highest BCUT2D eigenvalue weighted by Gasteiger charge is 2.08. The van der Waals surface area contributed by atoms with Crippen molar-refractivity contribution in [2.75, 3.05) is 5.32 Å². The largest absolute Gasteiger partial charge is 0.350 e. The van der Waals surface area contributed by atoms with Crippen LogP contribution >= 0.6 is 11.3 Å². The van der Waals surface area contributed by atoms with Crippen LogP contribution in [0, 0.1) is 6.92 Å². The van der Waals surface area contributed by atoms with Crippen LogP contribution in [0.3, 0.4) is 0 Å². The number of hydrogen-bond acceptors (Lipinski definition) is 4. The molecule has 0 fully saturated rings. The maximum Gasteiger partial charge on any atom is 0.243 e. The van der Waals surface area contributed by atoms with Crippen molar-refractivity contribution in [1.82, 2.24) is 14.6 Å². The highest BCUT2D eigenvalue weighted by atomic mass is 32.1. The van der Waals surface area contributed by atoms with Gasteiger partial charge in [0.1, 0.15) is 0 Å². The van der Waals surface area contributed by atoms with E-state index in [0.29, 0.717) is 12.0 Å². The van der Waals surface area contributed by atoms with Crippen LogP contribution in [0.4, 0.5) is 5.95 Å². The minimum Gasteiger partial charge on any atom is -0.350 e. The summed E-state index contributed by atoms with van der Waals surface area (Å²) in [5.41, 5.74) is 2.07. The molecule has 0 bridgehead atoms. The van der Waals surface area contributed by atoms with E-state index in [-0.39, 0.29) is 0 Å². The van der Waals surface area contributed by atoms with Gasteiger partial charge in [-0.2, -0.15) is 4.98 Å². The van der Waals surface area contributed by atoms with Crippen LogP contribution in [0.1, 0.15) is 17.4 Å². The van der Waals surface area contributed by atoms with E-state index in [1.807, 2.05) is 18.3 Å². The van der Waals surface area contributed by atoms with Gasteiger partial charge in [-0.1, -0.05) is 6.07 Å². The van der Waals surface area contributed by atoms with Gasteiger partial charge < -0.3 is 5.32 Å². The first-order valence-corrected chi connectivity index (χ1v) is 7.20. The molecule has 4 nitrogen and oxygen atoms in total. The number of aromatic nitrogens is 3. The first-order valence-electron chi connectivity index (χ1n) is 6.32. The van der Waals surface area contributed by atoms with Gasteiger partial charge in [-0.05, 0) is 43.0 Å². The number of rotatable bonds is 4. The summed E-state index contributed by atoms with van der Waals surface area (Å²) < 4.78 is 1.80. The van der Waals surface area contributed by atoms with Crippen molar-refractivity contribution < 1.29 is 0 Å². The average molecular weight is 272 g/mol. The second-order valence-corrected chi connectivity index (χ2v) is 5.80. The first kappa shape index (κ1) is 12.2. The van der Waals surface area contributed by atoms with Gasteiger partial charge >= 0.3 is 0 Å². The lowest BCUT2D eigenvalue weighted by Crippen LogP contribution is -2.18. The highest BCUT2D eigenvalue weighted by molar-refractivity contribution is 7.09. The van der Waals surface area contributed by atoms with Crippen molar-refractivity contribution in [2.45, 2.75) is 26.3 Å². The molecule has 1 N–H and O–H groups in total. The molecule has 0 saturated heterocycles. The normalized spacial score (nSPS) is 12.7. The maximum atomic E-state index is 4.49. The summed E-state index contributed by atoms with van der Waals surface area (Å²) >= 11 is 1.78. The summed E-state index contributed by atoms with van der Waals surface area (Å²) in [4.78, 5) is 5.86. The molecule has 0 aliphatic rings. The third-order valence-corrected chi connectivity index (χ3v) is 3.85. The Morgan fingerprint density at radius 1 is 1.42 bits per heavy atom. The second-order valence-electron chi connectivity index (χ2n) is 4.77. The fraction of sp³-hybridized carbons (Fsp3) is 0.286. The lowest BCUT2D eigenvalue weighted by atomic mass is 10.2. The number of nitrogens with one attached hydrogen (secondary N) is 1. The Morgan fingerprint density at radius 3 is 3.11 bits per heavy atom. The average Bonchev–Trinajstić information content (AvgIpc) is 2.97. The van der Waals surface area contributed by atoms with Gasteiger partial charge in [0.15, 0.2) is 5.65 Å². The molecule has 0 amide bonds. The van der Waals surface area contributed by atoms with Gasteiger partial charge in [-0.15, -0.1) is 16.4 Å². The number of fused-ring (bicyclic) bond motifs is 1. The summed E-state index contributed by atoms with van der Waals surface area (Å²) in [7, 11) is 0. The van der Waals surface area contributed by atoms with Crippen LogP contribution in [0.25, 0.3) is 5.65 Å². The van der Waals surface area contributed by atoms with E-state index >= 15 is 0 Å². The number of hydrogen-bond donors (Lipinski definition) is 1. The molecule has 98 valence electrons. The fourth-order valence-electron chi connectivity index (χ4n) is 2.05. The SMILES string of the molecule is Cc1ccn2nc(NC(C)Cc3cccs3)nc2c1. The van der Waals surface area contributed by atoms with Gasteiger partial charge in [-0.3, -0.25) is 0 Å². The van der Waals surface area contributed by atoms with Crippen LogP contribution < -0.4 is 5.32 Å². The van der Waals surface area contributed by atoms with Crippen LogP contribution in [0.15, 0.2) is 35.8 Å². The lowest BCUT2D eigenvalue weighted by Gasteiger charge is -2.10. The quantitative estimate of drug-likeness (QED) is 0.793. The summed E-state index contributed by atoms with van der Waals surface area (Å²) in [6, 6.07) is 8.61. The summed E-state index contributed by atoms with van der Waals surface area (Å²) in [6.07, 6.45) is 2.93. The van der Waals surface area contributed by atoms with Crippen LogP contribution in [-0.4, -0.2) is 20.6 Å².